The van der Waals surface area contributed by atoms with Crippen LogP contribution in [0.5, 0.6) is 11.5 Å². The van der Waals surface area contributed by atoms with Gasteiger partial charge in [-0.25, -0.2) is 9.97 Å². The molecule has 7 nitrogen and oxygen atoms in total. The van der Waals surface area contributed by atoms with E-state index in [2.05, 4.69) is 10.3 Å². The molecule has 1 amide bonds. The van der Waals surface area contributed by atoms with E-state index in [-0.39, 0.29) is 5.91 Å². The van der Waals surface area contributed by atoms with Gasteiger partial charge in [0.2, 0.25) is 0 Å². The highest BCUT2D eigenvalue weighted by Crippen LogP contribution is 2.32. The number of piperidine rings is 1. The first kappa shape index (κ1) is 18.7. The molecule has 2 aliphatic rings. The molecule has 1 aromatic carbocycles. The van der Waals surface area contributed by atoms with Crippen molar-refractivity contribution >= 4 is 5.91 Å². The Morgan fingerprint density at radius 3 is 2.93 bits per heavy atom. The third kappa shape index (κ3) is 3.54. The van der Waals surface area contributed by atoms with E-state index in [4.69, 9.17) is 14.5 Å². The summed E-state index contributed by atoms with van der Waals surface area (Å²) in [7, 11) is 3.12. The monoisotopic (exact) mass is 382 g/mol. The molecule has 2 aliphatic heterocycles. The van der Waals surface area contributed by atoms with Crippen molar-refractivity contribution in [3.05, 3.63) is 47.0 Å². The number of carbonyl (C=O) groups is 1. The van der Waals surface area contributed by atoms with Gasteiger partial charge in [-0.05, 0) is 31.5 Å². The summed E-state index contributed by atoms with van der Waals surface area (Å²) in [5.74, 6) is 2.28. The van der Waals surface area contributed by atoms with Crippen LogP contribution in [0.2, 0.25) is 0 Å². The van der Waals surface area contributed by atoms with Crippen molar-refractivity contribution in [3.63, 3.8) is 0 Å². The smallest absolute Gasteiger partial charge is 0.258 e. The molecule has 3 heterocycles. The second kappa shape index (κ2) is 8.14. The van der Waals surface area contributed by atoms with Crippen molar-refractivity contribution in [2.24, 2.45) is 0 Å². The minimum absolute atomic E-state index is 0.0676. The molecule has 28 heavy (non-hydrogen) atoms. The van der Waals surface area contributed by atoms with Gasteiger partial charge >= 0.3 is 0 Å². The van der Waals surface area contributed by atoms with Gasteiger partial charge in [-0.2, -0.15) is 0 Å². The van der Waals surface area contributed by atoms with Crippen molar-refractivity contribution in [3.8, 4) is 11.5 Å². The Morgan fingerprint density at radius 2 is 2.18 bits per heavy atom. The summed E-state index contributed by atoms with van der Waals surface area (Å²) in [4.78, 5) is 24.4. The number of amides is 1. The summed E-state index contributed by atoms with van der Waals surface area (Å²) in [6.07, 6.45) is 4.93. The summed E-state index contributed by atoms with van der Waals surface area (Å²) in [5, 5.41) is 3.42. The van der Waals surface area contributed by atoms with Crippen LogP contribution < -0.4 is 14.8 Å². The number of para-hydroxylation sites is 1. The molecule has 4 rings (SSSR count). The van der Waals surface area contributed by atoms with Gasteiger partial charge in [0.1, 0.15) is 5.82 Å². The third-order valence-corrected chi connectivity index (χ3v) is 5.54. The molecular weight excluding hydrogens is 356 g/mol. The van der Waals surface area contributed by atoms with E-state index < -0.39 is 0 Å². The topological polar surface area (TPSA) is 76.6 Å². The Kier molecular flexibility index (Phi) is 5.43. The van der Waals surface area contributed by atoms with Gasteiger partial charge in [0, 0.05) is 43.7 Å². The zero-order valence-electron chi connectivity index (χ0n) is 16.4. The van der Waals surface area contributed by atoms with Gasteiger partial charge in [-0.15, -0.1) is 0 Å². The lowest BCUT2D eigenvalue weighted by Gasteiger charge is -2.29. The molecule has 1 saturated heterocycles. The van der Waals surface area contributed by atoms with Crippen LogP contribution in [-0.4, -0.2) is 54.6 Å². The first-order valence-corrected chi connectivity index (χ1v) is 9.77. The highest BCUT2D eigenvalue weighted by atomic mass is 16.5. The Hall–Kier alpha value is -2.67. The molecule has 7 heteroatoms. The molecule has 1 fully saturated rings. The van der Waals surface area contributed by atoms with Gasteiger partial charge < -0.3 is 19.7 Å². The Labute approximate surface area is 165 Å². The van der Waals surface area contributed by atoms with Crippen LogP contribution in [-0.2, 0) is 13.0 Å². The molecule has 1 aromatic heterocycles. The fraction of sp³-hybridized carbons (Fsp3) is 0.476. The van der Waals surface area contributed by atoms with Crippen molar-refractivity contribution < 1.29 is 14.3 Å². The lowest BCUT2D eigenvalue weighted by atomic mass is 9.98. The van der Waals surface area contributed by atoms with Crippen LogP contribution in [0.25, 0.3) is 0 Å². The Bertz CT molecular complexity index is 865. The lowest BCUT2D eigenvalue weighted by molar-refractivity contribution is 0.0729. The van der Waals surface area contributed by atoms with Gasteiger partial charge in [-0.3, -0.25) is 4.79 Å². The predicted molar refractivity (Wildman–Crippen MR) is 105 cm³/mol. The molecule has 1 N–H and O–H groups in total. The molecule has 0 aliphatic carbocycles. The quantitative estimate of drug-likeness (QED) is 0.873. The van der Waals surface area contributed by atoms with Crippen molar-refractivity contribution in [2.75, 3.05) is 33.9 Å². The predicted octanol–water partition coefficient (Wildman–Crippen LogP) is 2.16. The van der Waals surface area contributed by atoms with Crippen LogP contribution >= 0.6 is 0 Å². The number of fused-ring (bicyclic) bond motifs is 1. The number of rotatable bonds is 4. The van der Waals surface area contributed by atoms with Crippen LogP contribution in [0.15, 0.2) is 24.4 Å². The maximum atomic E-state index is 13.1. The highest BCUT2D eigenvalue weighted by Gasteiger charge is 2.27. The first-order valence-electron chi connectivity index (χ1n) is 9.77. The number of ether oxygens (including phenoxy) is 2. The fourth-order valence-corrected chi connectivity index (χ4v) is 4.00. The average molecular weight is 382 g/mol. The van der Waals surface area contributed by atoms with E-state index in [0.717, 1.165) is 49.4 Å². The van der Waals surface area contributed by atoms with E-state index in [1.165, 1.54) is 0 Å². The van der Waals surface area contributed by atoms with Gasteiger partial charge in [0.15, 0.2) is 11.5 Å². The van der Waals surface area contributed by atoms with Gasteiger partial charge in [0.05, 0.1) is 25.5 Å². The van der Waals surface area contributed by atoms with Gasteiger partial charge in [-0.1, -0.05) is 6.07 Å². The molecule has 148 valence electrons. The van der Waals surface area contributed by atoms with E-state index >= 15 is 0 Å². The zero-order valence-corrected chi connectivity index (χ0v) is 16.4. The maximum Gasteiger partial charge on any atom is 0.258 e. The van der Waals surface area contributed by atoms with Crippen LogP contribution in [0.3, 0.4) is 0 Å². The van der Waals surface area contributed by atoms with Crippen molar-refractivity contribution in [1.29, 1.82) is 0 Å². The molecule has 1 unspecified atom stereocenters. The lowest BCUT2D eigenvalue weighted by Crippen LogP contribution is -2.37. The number of methoxy groups -OCH3 is 2. The van der Waals surface area contributed by atoms with Crippen LogP contribution in [0.4, 0.5) is 0 Å². The number of nitrogens with zero attached hydrogens (tertiary/aromatic N) is 3. The number of hydrogen-bond donors (Lipinski definition) is 1. The second-order valence-corrected chi connectivity index (χ2v) is 7.26. The molecular formula is C21H26N4O3. The summed E-state index contributed by atoms with van der Waals surface area (Å²) in [6.45, 7) is 3.16. The van der Waals surface area contributed by atoms with E-state index in [0.29, 0.717) is 36.1 Å². The number of nitrogens with one attached hydrogen (secondary N) is 1. The number of aromatic nitrogens is 2. The minimum Gasteiger partial charge on any atom is -0.493 e. The maximum absolute atomic E-state index is 13.1. The molecule has 0 spiro atoms. The van der Waals surface area contributed by atoms with Crippen LogP contribution in [0, 0.1) is 0 Å². The molecule has 2 aromatic rings. The van der Waals surface area contributed by atoms with E-state index in [9.17, 15) is 4.79 Å². The van der Waals surface area contributed by atoms with Crippen molar-refractivity contribution in [1.82, 2.24) is 20.2 Å². The van der Waals surface area contributed by atoms with Crippen molar-refractivity contribution in [2.45, 2.75) is 31.7 Å². The normalized spacial score (nSPS) is 19.1. The first-order chi connectivity index (χ1) is 13.7. The largest absolute Gasteiger partial charge is 0.493 e. The standard InChI is InChI=1S/C21H26N4O3/c1-27-18-7-3-6-16(19(18)28-2)21(26)25-10-8-17-15(13-25)12-23-20(24-17)14-5-4-9-22-11-14/h3,6-7,12,14,22H,4-5,8-11,13H2,1-2H3. The van der Waals surface area contributed by atoms with Crippen LogP contribution in [0.1, 0.15) is 46.2 Å². The Morgan fingerprint density at radius 1 is 1.29 bits per heavy atom. The number of hydrogen-bond acceptors (Lipinski definition) is 6. The minimum atomic E-state index is -0.0676. The zero-order chi connectivity index (χ0) is 19.5. The second-order valence-electron chi connectivity index (χ2n) is 7.26. The molecule has 1 atom stereocenters. The van der Waals surface area contributed by atoms with E-state index in [1.807, 2.05) is 11.1 Å². The summed E-state index contributed by atoms with van der Waals surface area (Å²) >= 11 is 0. The van der Waals surface area contributed by atoms with E-state index in [1.54, 1.807) is 32.4 Å². The van der Waals surface area contributed by atoms with Gasteiger partial charge in [0.25, 0.3) is 5.91 Å². The number of carbonyl (C=O) groups excluding carboxylic acids is 1. The number of benzene rings is 1. The average Bonchev–Trinajstić information content (AvgIpc) is 2.77. The molecule has 0 bridgehead atoms. The SMILES string of the molecule is COc1cccc(C(=O)N2CCc3nc(C4CCCNC4)ncc3C2)c1OC. The summed E-state index contributed by atoms with van der Waals surface area (Å²) in [5.41, 5.74) is 2.60. The summed E-state index contributed by atoms with van der Waals surface area (Å²) < 4.78 is 10.7. The molecule has 0 radical (unpaired) electrons. The highest BCUT2D eigenvalue weighted by molar-refractivity contribution is 5.98. The molecule has 0 saturated carbocycles. The fourth-order valence-electron chi connectivity index (χ4n) is 4.00. The third-order valence-electron chi connectivity index (χ3n) is 5.54. The summed E-state index contributed by atoms with van der Waals surface area (Å²) in [6, 6.07) is 5.37. The Balaban J connectivity index is 1.53.